The minimum atomic E-state index is 0.227. The van der Waals surface area contributed by atoms with Crippen LogP contribution in [-0.4, -0.2) is 21.6 Å². The first-order valence-electron chi connectivity index (χ1n) is 6.24. The molecule has 0 saturated heterocycles. The summed E-state index contributed by atoms with van der Waals surface area (Å²) in [7, 11) is 0. The topological polar surface area (TPSA) is 65.2 Å². The van der Waals surface area contributed by atoms with Gasteiger partial charge < -0.3 is 10.2 Å². The Morgan fingerprint density at radius 2 is 0.950 bits per heavy atom. The molecule has 0 aliphatic rings. The lowest BCUT2D eigenvalue weighted by atomic mass is 10.1. The van der Waals surface area contributed by atoms with Gasteiger partial charge in [-0.1, -0.05) is 0 Å². The molecule has 102 valence electrons. The highest BCUT2D eigenvalue weighted by Crippen LogP contribution is 2.12. The molecule has 4 nitrogen and oxygen atoms in total. The molecule has 2 aromatic rings. The molecule has 2 N–H and O–H groups in total. The van der Waals surface area contributed by atoms with Crippen molar-refractivity contribution in [2.75, 3.05) is 0 Å². The Bertz CT molecular complexity index is 582. The highest BCUT2D eigenvalue weighted by molar-refractivity contribution is 6.01. The quantitative estimate of drug-likeness (QED) is 0.662. The van der Waals surface area contributed by atoms with E-state index in [-0.39, 0.29) is 11.5 Å². The van der Waals surface area contributed by atoms with E-state index in [0.29, 0.717) is 0 Å². The Morgan fingerprint density at radius 3 is 1.25 bits per heavy atom. The van der Waals surface area contributed by atoms with E-state index in [9.17, 15) is 10.2 Å². The maximum atomic E-state index is 9.24. The molecule has 0 unspecified atom stereocenters. The van der Waals surface area contributed by atoms with Gasteiger partial charge in [0, 0.05) is 0 Å². The van der Waals surface area contributed by atoms with Gasteiger partial charge in [-0.25, -0.2) is 0 Å². The number of hydrogen-bond acceptors (Lipinski definition) is 4. The zero-order valence-electron chi connectivity index (χ0n) is 11.4. The number of nitrogens with zero attached hydrogens (tertiary/aromatic N) is 2. The first kappa shape index (κ1) is 13.8. The summed E-state index contributed by atoms with van der Waals surface area (Å²) in [6.07, 6.45) is 0. The molecule has 0 aromatic heterocycles. The molecule has 0 fully saturated rings. The van der Waals surface area contributed by atoms with Crippen LogP contribution in [-0.2, 0) is 0 Å². The predicted octanol–water partition coefficient (Wildman–Crippen LogP) is 3.33. The van der Waals surface area contributed by atoms with Crippen LogP contribution in [0.4, 0.5) is 0 Å². The van der Waals surface area contributed by atoms with Crippen molar-refractivity contribution < 1.29 is 10.2 Å². The van der Waals surface area contributed by atoms with E-state index in [1.54, 1.807) is 48.5 Å². The lowest BCUT2D eigenvalue weighted by Gasteiger charge is -2.01. The van der Waals surface area contributed by atoms with Crippen LogP contribution >= 0.6 is 0 Å². The van der Waals surface area contributed by atoms with Gasteiger partial charge in [0.15, 0.2) is 0 Å². The molecule has 2 rings (SSSR count). The van der Waals surface area contributed by atoms with Crippen molar-refractivity contribution in [3.8, 4) is 11.5 Å². The van der Waals surface area contributed by atoms with E-state index in [1.807, 2.05) is 13.8 Å². The van der Waals surface area contributed by atoms with Gasteiger partial charge in [-0.15, -0.1) is 0 Å². The third-order valence-corrected chi connectivity index (χ3v) is 2.92. The maximum Gasteiger partial charge on any atom is 0.115 e. The Morgan fingerprint density at radius 1 is 0.650 bits per heavy atom. The Kier molecular flexibility index (Phi) is 4.15. The molecule has 2 aromatic carbocycles. The molecule has 20 heavy (non-hydrogen) atoms. The fourth-order valence-electron chi connectivity index (χ4n) is 1.67. The second-order valence-corrected chi connectivity index (χ2v) is 4.46. The van der Waals surface area contributed by atoms with E-state index >= 15 is 0 Å². The van der Waals surface area contributed by atoms with E-state index in [0.717, 1.165) is 22.6 Å². The fourth-order valence-corrected chi connectivity index (χ4v) is 1.67. The molecule has 0 radical (unpaired) electrons. The van der Waals surface area contributed by atoms with Gasteiger partial charge in [0.1, 0.15) is 11.5 Å². The minimum absolute atomic E-state index is 0.227. The monoisotopic (exact) mass is 268 g/mol. The number of phenols is 2. The number of rotatable bonds is 3. The molecule has 4 heteroatoms. The zero-order valence-corrected chi connectivity index (χ0v) is 11.4. The molecule has 0 aliphatic carbocycles. The van der Waals surface area contributed by atoms with Crippen molar-refractivity contribution in [1.82, 2.24) is 0 Å². The summed E-state index contributed by atoms with van der Waals surface area (Å²) in [6.45, 7) is 3.72. The third-order valence-electron chi connectivity index (χ3n) is 2.92. The number of benzene rings is 2. The van der Waals surface area contributed by atoms with Crippen LogP contribution in [0.1, 0.15) is 25.0 Å². The van der Waals surface area contributed by atoms with Crippen molar-refractivity contribution in [3.63, 3.8) is 0 Å². The standard InChI is InChI=1S/C16H16N2O2/c1-11(13-3-7-15(19)8-4-13)17-18-12(2)14-5-9-16(20)10-6-14/h3-10,19-20H,1-2H3/b17-11-,18-12-. The van der Waals surface area contributed by atoms with Gasteiger partial charge in [0.2, 0.25) is 0 Å². The second-order valence-electron chi connectivity index (χ2n) is 4.46. The summed E-state index contributed by atoms with van der Waals surface area (Å²) >= 11 is 0. The number of phenolic OH excluding ortho intramolecular Hbond substituents is 2. The average Bonchev–Trinajstić information content (AvgIpc) is 2.46. The van der Waals surface area contributed by atoms with Crippen molar-refractivity contribution in [2.24, 2.45) is 10.2 Å². The number of hydrogen-bond donors (Lipinski definition) is 2. The molecular formula is C16H16N2O2. The third kappa shape index (κ3) is 3.45. The van der Waals surface area contributed by atoms with Crippen molar-refractivity contribution >= 4 is 11.4 Å². The first-order chi connectivity index (χ1) is 9.56. The van der Waals surface area contributed by atoms with Crippen LogP contribution in [0.5, 0.6) is 11.5 Å². The van der Waals surface area contributed by atoms with E-state index in [4.69, 9.17) is 0 Å². The Labute approximate surface area is 117 Å². The molecule has 0 bridgehead atoms. The van der Waals surface area contributed by atoms with Gasteiger partial charge in [0.25, 0.3) is 0 Å². The lowest BCUT2D eigenvalue weighted by Crippen LogP contribution is -1.96. The molecule has 0 spiro atoms. The SMILES string of the molecule is C/C(=N/N=C(/C)c1ccc(O)cc1)c1ccc(O)cc1. The van der Waals surface area contributed by atoms with E-state index < -0.39 is 0 Å². The van der Waals surface area contributed by atoms with Crippen molar-refractivity contribution in [1.29, 1.82) is 0 Å². The Hall–Kier alpha value is -2.62. The molecule has 0 aliphatic heterocycles. The van der Waals surface area contributed by atoms with E-state index in [1.165, 1.54) is 0 Å². The minimum Gasteiger partial charge on any atom is -0.508 e. The first-order valence-corrected chi connectivity index (χ1v) is 6.24. The van der Waals surface area contributed by atoms with Gasteiger partial charge in [-0.2, -0.15) is 10.2 Å². The van der Waals surface area contributed by atoms with Gasteiger partial charge >= 0.3 is 0 Å². The molecule has 0 amide bonds. The summed E-state index contributed by atoms with van der Waals surface area (Å²) in [4.78, 5) is 0. The average molecular weight is 268 g/mol. The second kappa shape index (κ2) is 6.02. The molecule has 0 atom stereocenters. The van der Waals surface area contributed by atoms with Crippen LogP contribution < -0.4 is 0 Å². The molecule has 0 saturated carbocycles. The highest BCUT2D eigenvalue weighted by Gasteiger charge is 1.99. The maximum absolute atomic E-state index is 9.24. The lowest BCUT2D eigenvalue weighted by molar-refractivity contribution is 0.474. The zero-order chi connectivity index (χ0) is 14.5. The van der Waals surface area contributed by atoms with Crippen LogP contribution in [0.3, 0.4) is 0 Å². The summed E-state index contributed by atoms with van der Waals surface area (Å²) in [5.41, 5.74) is 3.35. The highest BCUT2D eigenvalue weighted by atomic mass is 16.3. The van der Waals surface area contributed by atoms with Crippen molar-refractivity contribution in [3.05, 3.63) is 59.7 Å². The molecule has 0 heterocycles. The van der Waals surface area contributed by atoms with Crippen LogP contribution in [0.25, 0.3) is 0 Å². The molecular weight excluding hydrogens is 252 g/mol. The fraction of sp³-hybridized carbons (Fsp3) is 0.125. The summed E-state index contributed by atoms with van der Waals surface area (Å²) in [5.74, 6) is 0.454. The Balaban J connectivity index is 2.19. The normalized spacial score (nSPS) is 12.5. The van der Waals surface area contributed by atoms with Crippen LogP contribution in [0.15, 0.2) is 58.7 Å². The van der Waals surface area contributed by atoms with Crippen molar-refractivity contribution in [2.45, 2.75) is 13.8 Å². The number of aromatic hydroxyl groups is 2. The van der Waals surface area contributed by atoms with Crippen LogP contribution in [0, 0.1) is 0 Å². The largest absolute Gasteiger partial charge is 0.508 e. The summed E-state index contributed by atoms with van der Waals surface area (Å²) in [5, 5.41) is 26.8. The summed E-state index contributed by atoms with van der Waals surface area (Å²) in [6, 6.07) is 13.6. The van der Waals surface area contributed by atoms with E-state index in [2.05, 4.69) is 10.2 Å². The van der Waals surface area contributed by atoms with Gasteiger partial charge in [0.05, 0.1) is 11.4 Å². The van der Waals surface area contributed by atoms with Crippen LogP contribution in [0.2, 0.25) is 0 Å². The smallest absolute Gasteiger partial charge is 0.115 e. The summed E-state index contributed by atoms with van der Waals surface area (Å²) < 4.78 is 0. The van der Waals surface area contributed by atoms with Gasteiger partial charge in [-0.05, 0) is 73.5 Å². The predicted molar refractivity (Wildman–Crippen MR) is 80.6 cm³/mol. The van der Waals surface area contributed by atoms with Gasteiger partial charge in [-0.3, -0.25) is 0 Å².